The summed E-state index contributed by atoms with van der Waals surface area (Å²) in [6.45, 7) is 5.28. The number of hydrogen-bond donors (Lipinski definition) is 1. The van der Waals surface area contributed by atoms with Gasteiger partial charge in [0.1, 0.15) is 11.5 Å². The third-order valence-electron chi connectivity index (χ3n) is 6.04. The van der Waals surface area contributed by atoms with Crippen LogP contribution in [-0.4, -0.2) is 74.6 Å². The van der Waals surface area contributed by atoms with E-state index in [4.69, 9.17) is 14.2 Å². The van der Waals surface area contributed by atoms with E-state index in [1.165, 1.54) is 12.0 Å². The zero-order valence-electron chi connectivity index (χ0n) is 21.3. The minimum absolute atomic E-state index is 0.0549. The molecular weight excluding hydrogens is 448 g/mol. The number of amides is 1. The lowest BCUT2D eigenvalue weighted by Gasteiger charge is -2.26. The fourth-order valence-electron chi connectivity index (χ4n) is 4.32. The molecule has 1 unspecified atom stereocenters. The third-order valence-corrected chi connectivity index (χ3v) is 6.04. The van der Waals surface area contributed by atoms with Gasteiger partial charge in [0, 0.05) is 12.1 Å². The highest BCUT2D eigenvalue weighted by Crippen LogP contribution is 2.42. The molecule has 1 aliphatic rings. The van der Waals surface area contributed by atoms with Crippen molar-refractivity contribution in [2.75, 3.05) is 48.0 Å². The number of methoxy groups -OCH3 is 2. The number of ether oxygens (including phenoxy) is 3. The van der Waals surface area contributed by atoms with Gasteiger partial charge >= 0.3 is 0 Å². The zero-order valence-corrected chi connectivity index (χ0v) is 21.3. The molecule has 8 heteroatoms. The van der Waals surface area contributed by atoms with Crippen LogP contribution in [0.15, 0.2) is 42.0 Å². The Morgan fingerprint density at radius 3 is 2.40 bits per heavy atom. The van der Waals surface area contributed by atoms with Crippen molar-refractivity contribution in [3.05, 3.63) is 58.7 Å². The van der Waals surface area contributed by atoms with Crippen LogP contribution in [0.1, 0.15) is 36.1 Å². The fourth-order valence-corrected chi connectivity index (χ4v) is 4.32. The molecule has 0 radical (unpaired) electrons. The molecule has 1 saturated heterocycles. The number of aryl methyl sites for hydroxylation is 1. The first kappa shape index (κ1) is 26.1. The highest BCUT2D eigenvalue weighted by atomic mass is 16.5. The number of aliphatic hydroxyl groups is 1. The summed E-state index contributed by atoms with van der Waals surface area (Å²) in [5.41, 5.74) is 1.91. The summed E-state index contributed by atoms with van der Waals surface area (Å²) in [5, 5.41) is 11.4. The number of benzene rings is 2. The van der Waals surface area contributed by atoms with Crippen LogP contribution in [0.4, 0.5) is 0 Å². The van der Waals surface area contributed by atoms with Gasteiger partial charge in [-0.25, -0.2) is 0 Å². The van der Waals surface area contributed by atoms with E-state index in [1.807, 2.05) is 32.8 Å². The Bertz CT molecular complexity index is 1120. The highest BCUT2D eigenvalue weighted by molar-refractivity contribution is 6.46. The molecule has 2 aromatic rings. The van der Waals surface area contributed by atoms with Crippen LogP contribution in [0, 0.1) is 6.92 Å². The molecule has 2 aromatic carbocycles. The summed E-state index contributed by atoms with van der Waals surface area (Å²) in [4.78, 5) is 30.0. The summed E-state index contributed by atoms with van der Waals surface area (Å²) in [6.07, 6.45) is 0.673. The number of rotatable bonds is 10. The van der Waals surface area contributed by atoms with Crippen LogP contribution in [0.5, 0.6) is 17.2 Å². The topological polar surface area (TPSA) is 88.5 Å². The average molecular weight is 483 g/mol. The number of nitrogens with zero attached hydrogens (tertiary/aromatic N) is 2. The molecule has 188 valence electrons. The van der Waals surface area contributed by atoms with Gasteiger partial charge in [-0.1, -0.05) is 6.07 Å². The smallest absolute Gasteiger partial charge is 0.295 e. The van der Waals surface area contributed by atoms with Crippen LogP contribution in [-0.2, 0) is 9.59 Å². The second kappa shape index (κ2) is 11.3. The summed E-state index contributed by atoms with van der Waals surface area (Å²) in [7, 11) is 7.01. The summed E-state index contributed by atoms with van der Waals surface area (Å²) in [5.74, 6) is 0.139. The molecule has 0 spiro atoms. The van der Waals surface area contributed by atoms with E-state index >= 15 is 0 Å². The fraction of sp³-hybridized carbons (Fsp3) is 0.407. The van der Waals surface area contributed by atoms with Gasteiger partial charge < -0.3 is 29.1 Å². The Kier molecular flexibility index (Phi) is 8.40. The molecule has 0 bridgehead atoms. The number of likely N-dealkylation sites (tertiary alicyclic amines) is 1. The van der Waals surface area contributed by atoms with Gasteiger partial charge in [0.15, 0.2) is 11.5 Å². The van der Waals surface area contributed by atoms with Crippen molar-refractivity contribution in [2.45, 2.75) is 26.3 Å². The zero-order chi connectivity index (χ0) is 25.7. The minimum atomic E-state index is -0.761. The van der Waals surface area contributed by atoms with Gasteiger partial charge in [0.2, 0.25) is 0 Å². The molecule has 0 saturated carbocycles. The number of carbonyl (C=O) groups excluding carboxylic acids is 2. The molecule has 1 atom stereocenters. The van der Waals surface area contributed by atoms with E-state index in [0.29, 0.717) is 47.9 Å². The van der Waals surface area contributed by atoms with Gasteiger partial charge in [-0.2, -0.15) is 0 Å². The standard InChI is InChI=1S/C27H34N2O6/c1-7-35-21-12-9-18(16-22(21)34-6)24-23(25(30)20-11-10-19(33-5)15-17(20)2)26(31)27(32)29(24)14-8-13-28(3)4/h9-12,15-16,24,30H,7-8,13-14H2,1-6H3/b25-23+. The first-order valence-corrected chi connectivity index (χ1v) is 11.6. The lowest BCUT2D eigenvalue weighted by Crippen LogP contribution is -2.32. The van der Waals surface area contributed by atoms with Crippen molar-refractivity contribution in [2.24, 2.45) is 0 Å². The monoisotopic (exact) mass is 482 g/mol. The number of aliphatic hydroxyl groups excluding tert-OH is 1. The van der Waals surface area contributed by atoms with Gasteiger partial charge in [0.25, 0.3) is 11.7 Å². The van der Waals surface area contributed by atoms with Crippen molar-refractivity contribution in [1.82, 2.24) is 9.80 Å². The average Bonchev–Trinajstić information content (AvgIpc) is 3.08. The van der Waals surface area contributed by atoms with Crippen molar-refractivity contribution in [3.8, 4) is 17.2 Å². The normalized spacial score (nSPS) is 17.2. The lowest BCUT2D eigenvalue weighted by molar-refractivity contribution is -0.139. The van der Waals surface area contributed by atoms with Crippen LogP contribution in [0.3, 0.4) is 0 Å². The number of hydrogen-bond acceptors (Lipinski definition) is 7. The van der Waals surface area contributed by atoms with E-state index in [-0.39, 0.29) is 11.3 Å². The number of carbonyl (C=O) groups is 2. The molecular formula is C27H34N2O6. The second-order valence-electron chi connectivity index (χ2n) is 8.67. The maximum atomic E-state index is 13.3. The molecule has 1 amide bonds. The Labute approximate surface area is 206 Å². The van der Waals surface area contributed by atoms with E-state index in [1.54, 1.807) is 43.5 Å². The molecule has 1 fully saturated rings. The maximum absolute atomic E-state index is 13.3. The van der Waals surface area contributed by atoms with Gasteiger partial charge in [0.05, 0.1) is 32.4 Å². The molecule has 35 heavy (non-hydrogen) atoms. The quantitative estimate of drug-likeness (QED) is 0.313. The van der Waals surface area contributed by atoms with Crippen LogP contribution < -0.4 is 14.2 Å². The van der Waals surface area contributed by atoms with Gasteiger partial charge in [-0.3, -0.25) is 9.59 Å². The molecule has 3 rings (SSSR count). The van der Waals surface area contributed by atoms with Crippen LogP contribution >= 0.6 is 0 Å². The third kappa shape index (κ3) is 5.43. The molecule has 1 aliphatic heterocycles. The van der Waals surface area contributed by atoms with Crippen LogP contribution in [0.25, 0.3) is 5.76 Å². The first-order chi connectivity index (χ1) is 16.7. The molecule has 1 N–H and O–H groups in total. The van der Waals surface area contributed by atoms with Crippen LogP contribution in [0.2, 0.25) is 0 Å². The van der Waals surface area contributed by atoms with Crippen molar-refractivity contribution < 1.29 is 28.9 Å². The molecule has 1 heterocycles. The Morgan fingerprint density at radius 2 is 1.80 bits per heavy atom. The molecule has 0 aliphatic carbocycles. The van der Waals surface area contributed by atoms with E-state index < -0.39 is 17.7 Å². The number of Topliss-reactive ketones (excluding diaryl/α,β-unsaturated/α-hetero) is 1. The van der Waals surface area contributed by atoms with Crippen molar-refractivity contribution in [3.63, 3.8) is 0 Å². The van der Waals surface area contributed by atoms with E-state index in [2.05, 4.69) is 0 Å². The SMILES string of the molecule is CCOc1ccc(C2/C(=C(\O)c3ccc(OC)cc3C)C(=O)C(=O)N2CCCN(C)C)cc1OC. The first-order valence-electron chi connectivity index (χ1n) is 11.6. The maximum Gasteiger partial charge on any atom is 0.295 e. The Hall–Kier alpha value is -3.52. The number of ketones is 1. The van der Waals surface area contributed by atoms with Gasteiger partial charge in [-0.15, -0.1) is 0 Å². The van der Waals surface area contributed by atoms with Gasteiger partial charge in [-0.05, 0) is 82.4 Å². The second-order valence-corrected chi connectivity index (χ2v) is 8.67. The minimum Gasteiger partial charge on any atom is -0.507 e. The summed E-state index contributed by atoms with van der Waals surface area (Å²) in [6, 6.07) is 9.74. The van der Waals surface area contributed by atoms with E-state index in [0.717, 1.165) is 12.1 Å². The Balaban J connectivity index is 2.16. The predicted octanol–water partition coefficient (Wildman–Crippen LogP) is 3.78. The predicted molar refractivity (Wildman–Crippen MR) is 134 cm³/mol. The molecule has 0 aromatic heterocycles. The van der Waals surface area contributed by atoms with E-state index in [9.17, 15) is 14.7 Å². The van der Waals surface area contributed by atoms with Crippen molar-refractivity contribution >= 4 is 17.4 Å². The summed E-state index contributed by atoms with van der Waals surface area (Å²) < 4.78 is 16.4. The largest absolute Gasteiger partial charge is 0.507 e. The lowest BCUT2D eigenvalue weighted by atomic mass is 9.93. The molecule has 8 nitrogen and oxygen atoms in total. The Morgan fingerprint density at radius 1 is 1.06 bits per heavy atom. The van der Waals surface area contributed by atoms with Crippen molar-refractivity contribution in [1.29, 1.82) is 0 Å². The summed E-state index contributed by atoms with van der Waals surface area (Å²) >= 11 is 0. The highest BCUT2D eigenvalue weighted by Gasteiger charge is 2.46.